The zero-order valence-electron chi connectivity index (χ0n) is 9.78. The van der Waals surface area contributed by atoms with Crippen molar-refractivity contribution in [3.8, 4) is 11.5 Å². The van der Waals surface area contributed by atoms with Gasteiger partial charge in [-0.3, -0.25) is 0 Å². The minimum absolute atomic E-state index is 0.183. The van der Waals surface area contributed by atoms with Crippen molar-refractivity contribution in [3.05, 3.63) is 59.7 Å². The highest BCUT2D eigenvalue weighted by Crippen LogP contribution is 2.35. The molecule has 3 nitrogen and oxygen atoms in total. The quantitative estimate of drug-likeness (QED) is 0.807. The average molecular weight is 242 g/mol. The van der Waals surface area contributed by atoms with E-state index in [9.17, 15) is 10.2 Å². The Bertz CT molecular complexity index is 565. The van der Waals surface area contributed by atoms with Crippen LogP contribution in [-0.2, 0) is 6.42 Å². The normalized spacial score (nSPS) is 22.1. The van der Waals surface area contributed by atoms with E-state index in [1.807, 2.05) is 30.3 Å². The Kier molecular flexibility index (Phi) is 2.68. The van der Waals surface area contributed by atoms with Gasteiger partial charge in [-0.05, 0) is 29.3 Å². The first-order chi connectivity index (χ1) is 8.74. The molecule has 1 heterocycles. The van der Waals surface area contributed by atoms with Gasteiger partial charge in [-0.25, -0.2) is 0 Å². The topological polar surface area (TPSA) is 49.7 Å². The van der Waals surface area contributed by atoms with E-state index in [0.717, 1.165) is 16.9 Å². The second-order valence-corrected chi connectivity index (χ2v) is 4.51. The molecule has 0 aliphatic carbocycles. The van der Waals surface area contributed by atoms with Crippen LogP contribution in [0.3, 0.4) is 0 Å². The lowest BCUT2D eigenvalue weighted by Crippen LogP contribution is -2.30. The summed E-state index contributed by atoms with van der Waals surface area (Å²) in [6.45, 7) is 0. The number of aliphatic hydroxyl groups is 1. The van der Waals surface area contributed by atoms with Gasteiger partial charge in [0.2, 0.25) is 0 Å². The smallest absolute Gasteiger partial charge is 0.150 e. The Morgan fingerprint density at radius 1 is 1.06 bits per heavy atom. The fourth-order valence-corrected chi connectivity index (χ4v) is 2.33. The van der Waals surface area contributed by atoms with E-state index in [0.29, 0.717) is 6.42 Å². The average Bonchev–Trinajstić information content (AvgIpc) is 2.38. The molecule has 2 atom stereocenters. The van der Waals surface area contributed by atoms with E-state index >= 15 is 0 Å². The van der Waals surface area contributed by atoms with Crippen LogP contribution in [0, 0.1) is 0 Å². The molecule has 0 unspecified atom stereocenters. The molecule has 92 valence electrons. The van der Waals surface area contributed by atoms with Crippen LogP contribution in [0.5, 0.6) is 11.5 Å². The number of hydrogen-bond donors (Lipinski definition) is 2. The number of para-hydroxylation sites is 1. The maximum atomic E-state index is 10.2. The van der Waals surface area contributed by atoms with Gasteiger partial charge in [0.15, 0.2) is 0 Å². The molecule has 0 saturated heterocycles. The van der Waals surface area contributed by atoms with Crippen LogP contribution in [0.15, 0.2) is 48.5 Å². The molecule has 0 spiro atoms. The first-order valence-corrected chi connectivity index (χ1v) is 5.95. The molecule has 0 amide bonds. The Labute approximate surface area is 105 Å². The molecule has 3 rings (SSSR count). The van der Waals surface area contributed by atoms with Gasteiger partial charge in [0, 0.05) is 6.42 Å². The molecular formula is C15H14O3. The van der Waals surface area contributed by atoms with E-state index in [4.69, 9.17) is 4.74 Å². The Balaban J connectivity index is 1.96. The van der Waals surface area contributed by atoms with Crippen molar-refractivity contribution in [3.63, 3.8) is 0 Å². The van der Waals surface area contributed by atoms with Crippen LogP contribution in [0.2, 0.25) is 0 Å². The van der Waals surface area contributed by atoms with Crippen molar-refractivity contribution in [2.75, 3.05) is 0 Å². The summed E-state index contributed by atoms with van der Waals surface area (Å²) in [4.78, 5) is 0. The van der Waals surface area contributed by atoms with E-state index < -0.39 is 12.2 Å². The fraction of sp³-hybridized carbons (Fsp3) is 0.200. The van der Waals surface area contributed by atoms with Gasteiger partial charge in [-0.1, -0.05) is 30.3 Å². The lowest BCUT2D eigenvalue weighted by atomic mass is 9.95. The molecule has 0 radical (unpaired) electrons. The largest absolute Gasteiger partial charge is 0.508 e. The molecule has 0 aromatic heterocycles. The van der Waals surface area contributed by atoms with Gasteiger partial charge in [0.25, 0.3) is 0 Å². The number of benzene rings is 2. The first-order valence-electron chi connectivity index (χ1n) is 5.95. The van der Waals surface area contributed by atoms with Crippen molar-refractivity contribution >= 4 is 0 Å². The molecule has 18 heavy (non-hydrogen) atoms. The maximum absolute atomic E-state index is 10.2. The summed E-state index contributed by atoms with van der Waals surface area (Å²) < 4.78 is 5.82. The number of fused-ring (bicyclic) bond motifs is 1. The lowest BCUT2D eigenvalue weighted by Gasteiger charge is -2.30. The summed E-state index contributed by atoms with van der Waals surface area (Å²) in [6.07, 6.45) is -0.454. The second kappa shape index (κ2) is 4.35. The molecule has 0 fully saturated rings. The Morgan fingerprint density at radius 3 is 2.72 bits per heavy atom. The van der Waals surface area contributed by atoms with E-state index in [2.05, 4.69) is 0 Å². The Hall–Kier alpha value is -2.00. The summed E-state index contributed by atoms with van der Waals surface area (Å²) in [5, 5.41) is 19.6. The molecule has 1 aliphatic rings. The summed E-state index contributed by atoms with van der Waals surface area (Å²) in [6, 6.07) is 14.5. The van der Waals surface area contributed by atoms with Gasteiger partial charge in [-0.2, -0.15) is 0 Å². The van der Waals surface area contributed by atoms with Crippen LogP contribution in [-0.4, -0.2) is 16.3 Å². The van der Waals surface area contributed by atoms with Crippen molar-refractivity contribution in [1.29, 1.82) is 0 Å². The highest BCUT2D eigenvalue weighted by atomic mass is 16.5. The number of ether oxygens (including phenoxy) is 1. The van der Waals surface area contributed by atoms with E-state index in [1.54, 1.807) is 18.2 Å². The van der Waals surface area contributed by atoms with Crippen LogP contribution >= 0.6 is 0 Å². The highest BCUT2D eigenvalue weighted by molar-refractivity contribution is 5.38. The summed E-state index contributed by atoms with van der Waals surface area (Å²) >= 11 is 0. The highest BCUT2D eigenvalue weighted by Gasteiger charge is 2.29. The molecule has 3 heteroatoms. The van der Waals surface area contributed by atoms with Gasteiger partial charge in [0.1, 0.15) is 17.6 Å². The number of rotatable bonds is 1. The van der Waals surface area contributed by atoms with Gasteiger partial charge in [0.05, 0.1) is 6.10 Å². The van der Waals surface area contributed by atoms with Gasteiger partial charge >= 0.3 is 0 Å². The third kappa shape index (κ3) is 1.93. The SMILES string of the molecule is Oc1cccc([C@@H]2Oc3ccccc3C[C@@H]2O)c1. The number of aromatic hydroxyl groups is 1. The minimum atomic E-state index is -0.596. The Morgan fingerprint density at radius 2 is 1.89 bits per heavy atom. The van der Waals surface area contributed by atoms with Crippen molar-refractivity contribution in [2.45, 2.75) is 18.6 Å². The van der Waals surface area contributed by atoms with Crippen LogP contribution in [0.1, 0.15) is 17.2 Å². The maximum Gasteiger partial charge on any atom is 0.150 e. The van der Waals surface area contributed by atoms with Crippen LogP contribution < -0.4 is 4.74 Å². The second-order valence-electron chi connectivity index (χ2n) is 4.51. The first kappa shape index (κ1) is 11.1. The summed E-state index contributed by atoms with van der Waals surface area (Å²) in [5.74, 6) is 0.985. The minimum Gasteiger partial charge on any atom is -0.508 e. The predicted octanol–water partition coefficient (Wildman–Crippen LogP) is 2.43. The zero-order valence-corrected chi connectivity index (χ0v) is 9.78. The van der Waals surface area contributed by atoms with Crippen molar-refractivity contribution < 1.29 is 14.9 Å². The molecule has 2 aromatic rings. The number of hydrogen-bond acceptors (Lipinski definition) is 3. The van der Waals surface area contributed by atoms with Gasteiger partial charge in [-0.15, -0.1) is 0 Å². The van der Waals surface area contributed by atoms with Crippen LogP contribution in [0.25, 0.3) is 0 Å². The number of phenolic OH excluding ortho intramolecular Hbond substituents is 1. The predicted molar refractivity (Wildman–Crippen MR) is 67.6 cm³/mol. The van der Waals surface area contributed by atoms with Crippen molar-refractivity contribution in [2.24, 2.45) is 0 Å². The number of aliphatic hydroxyl groups excluding tert-OH is 1. The zero-order chi connectivity index (χ0) is 12.5. The third-order valence-electron chi connectivity index (χ3n) is 3.20. The summed E-state index contributed by atoms with van der Waals surface area (Å²) in [7, 11) is 0. The summed E-state index contributed by atoms with van der Waals surface area (Å²) in [5.41, 5.74) is 1.80. The molecule has 0 saturated carbocycles. The van der Waals surface area contributed by atoms with Gasteiger partial charge < -0.3 is 14.9 Å². The van der Waals surface area contributed by atoms with Crippen LogP contribution in [0.4, 0.5) is 0 Å². The molecule has 2 N–H and O–H groups in total. The van der Waals surface area contributed by atoms with E-state index in [-0.39, 0.29) is 5.75 Å². The van der Waals surface area contributed by atoms with E-state index in [1.165, 1.54) is 0 Å². The molecule has 2 aromatic carbocycles. The molecular weight excluding hydrogens is 228 g/mol. The third-order valence-corrected chi connectivity index (χ3v) is 3.20. The number of phenols is 1. The van der Waals surface area contributed by atoms with Crippen molar-refractivity contribution in [1.82, 2.24) is 0 Å². The molecule has 0 bridgehead atoms. The fourth-order valence-electron chi connectivity index (χ4n) is 2.33. The standard InChI is InChI=1S/C15H14O3/c16-12-6-3-5-11(8-12)15-13(17)9-10-4-1-2-7-14(10)18-15/h1-8,13,15-17H,9H2/t13-,15-/m0/s1. The monoisotopic (exact) mass is 242 g/mol. The lowest BCUT2D eigenvalue weighted by molar-refractivity contribution is 0.0207. The molecule has 1 aliphatic heterocycles.